The zero-order chi connectivity index (χ0) is 37.5. The lowest BCUT2D eigenvalue weighted by Gasteiger charge is -2.10. The first-order valence-corrected chi connectivity index (χ1v) is 21.1. The molecule has 0 amide bonds. The van der Waals surface area contributed by atoms with Gasteiger partial charge in [0.2, 0.25) is 0 Å². The molecule has 0 radical (unpaired) electrons. The van der Waals surface area contributed by atoms with Gasteiger partial charge in [0, 0.05) is 78.2 Å². The molecule has 0 aliphatic rings. The van der Waals surface area contributed by atoms with E-state index in [9.17, 15) is 0 Å². The summed E-state index contributed by atoms with van der Waals surface area (Å²) < 4.78 is 7.09. The summed E-state index contributed by atoms with van der Waals surface area (Å²) in [7, 11) is 0. The number of nitrogens with zero attached hydrogens (tertiary/aromatic N) is 5. The summed E-state index contributed by atoms with van der Waals surface area (Å²) in [6, 6.07) is 57.2. The number of hydrogen-bond acceptors (Lipinski definition) is 8. The summed E-state index contributed by atoms with van der Waals surface area (Å²) in [5, 5.41) is 5.85. The molecule has 12 rings (SSSR count). The van der Waals surface area contributed by atoms with Crippen molar-refractivity contribution in [2.24, 2.45) is 0 Å². The molecular weight excluding hydrogens is 755 g/mol. The van der Waals surface area contributed by atoms with Crippen LogP contribution in [0.4, 0.5) is 0 Å². The smallest absolute Gasteiger partial charge is 0.165 e. The van der Waals surface area contributed by atoms with Gasteiger partial charge < -0.3 is 0 Å². The molecule has 266 valence electrons. The molecule has 5 heterocycles. The molecule has 5 aromatic heterocycles. The van der Waals surface area contributed by atoms with E-state index >= 15 is 0 Å². The Hall–Kier alpha value is -6.71. The van der Waals surface area contributed by atoms with Crippen molar-refractivity contribution in [2.45, 2.75) is 0 Å². The molecule has 0 aliphatic heterocycles. The third-order valence-corrected chi connectivity index (χ3v) is 14.1. The second-order valence-corrected chi connectivity index (χ2v) is 17.2. The minimum absolute atomic E-state index is 0.640. The number of aromatic nitrogens is 5. The Labute approximate surface area is 338 Å². The van der Waals surface area contributed by atoms with Gasteiger partial charge in [-0.25, -0.2) is 24.9 Å². The Kier molecular flexibility index (Phi) is 7.38. The van der Waals surface area contributed by atoms with Crippen LogP contribution in [0.15, 0.2) is 164 Å². The van der Waals surface area contributed by atoms with Gasteiger partial charge in [-0.2, -0.15) is 0 Å². The van der Waals surface area contributed by atoms with E-state index < -0.39 is 0 Å². The van der Waals surface area contributed by atoms with Crippen LogP contribution in [0.25, 0.3) is 117 Å². The van der Waals surface area contributed by atoms with Crippen molar-refractivity contribution in [3.63, 3.8) is 0 Å². The Morgan fingerprint density at radius 1 is 0.316 bits per heavy atom. The fourth-order valence-electron chi connectivity index (χ4n) is 7.92. The molecular formula is C49H27N5S3. The average molecular weight is 782 g/mol. The van der Waals surface area contributed by atoms with Crippen molar-refractivity contribution in [3.8, 4) is 56.8 Å². The standard InChI is InChI=1S/C49H27N5S3/c1-3-13-28(14-4-1)42-45-43(32-18-8-10-23-38(32)56-45)51-48(50-42)34-20-12-24-40-41(34)33-19-11-21-35(44(33)57-40)49-53-46(29-15-5-2-6-16-29)52-47(54-49)30-25-26-39-36(27-30)31-17-7-9-22-37(31)55-39/h1-27H. The zero-order valence-corrected chi connectivity index (χ0v) is 32.5. The number of thiophene rings is 3. The summed E-state index contributed by atoms with van der Waals surface area (Å²) in [4.78, 5) is 26.2. The summed E-state index contributed by atoms with van der Waals surface area (Å²) in [5.74, 6) is 2.64. The van der Waals surface area contributed by atoms with Gasteiger partial charge in [-0.3, -0.25) is 0 Å². The Morgan fingerprint density at radius 3 is 1.72 bits per heavy atom. The largest absolute Gasteiger partial charge is 0.226 e. The van der Waals surface area contributed by atoms with E-state index in [-0.39, 0.29) is 0 Å². The molecule has 57 heavy (non-hydrogen) atoms. The Balaban J connectivity index is 1.08. The molecule has 0 aliphatic carbocycles. The number of hydrogen-bond donors (Lipinski definition) is 0. The molecule has 12 aromatic rings. The molecule has 0 atom stereocenters. The maximum Gasteiger partial charge on any atom is 0.165 e. The molecule has 0 spiro atoms. The second kappa shape index (κ2) is 12.9. The minimum Gasteiger partial charge on any atom is -0.226 e. The maximum absolute atomic E-state index is 5.35. The van der Waals surface area contributed by atoms with Gasteiger partial charge >= 0.3 is 0 Å². The van der Waals surface area contributed by atoms with Gasteiger partial charge in [-0.1, -0.05) is 121 Å². The highest BCUT2D eigenvalue weighted by atomic mass is 32.1. The van der Waals surface area contributed by atoms with Crippen LogP contribution in [0, 0.1) is 0 Å². The van der Waals surface area contributed by atoms with Crippen molar-refractivity contribution in [3.05, 3.63) is 164 Å². The van der Waals surface area contributed by atoms with Gasteiger partial charge in [-0.05, 0) is 42.5 Å². The van der Waals surface area contributed by atoms with Crippen LogP contribution in [0.2, 0.25) is 0 Å². The fourth-order valence-corrected chi connectivity index (χ4v) is 11.4. The first kappa shape index (κ1) is 32.5. The first-order valence-electron chi connectivity index (χ1n) is 18.7. The minimum atomic E-state index is 0.640. The number of fused-ring (bicyclic) bond motifs is 9. The van der Waals surface area contributed by atoms with Crippen LogP contribution >= 0.6 is 34.0 Å². The van der Waals surface area contributed by atoms with Crippen LogP contribution in [0.3, 0.4) is 0 Å². The highest BCUT2D eigenvalue weighted by Gasteiger charge is 2.22. The topological polar surface area (TPSA) is 64.5 Å². The van der Waals surface area contributed by atoms with E-state index in [4.69, 9.17) is 24.9 Å². The SMILES string of the molecule is c1ccc(-c2nc(-c3ccc4sc5ccccc5c4c3)nc(-c3cccc4c3sc3cccc(-c5nc(-c6ccccc6)c6sc7ccccc7c6n5)c34)n2)cc1. The molecule has 0 fully saturated rings. The van der Waals surface area contributed by atoms with Gasteiger partial charge in [0.1, 0.15) is 0 Å². The predicted octanol–water partition coefficient (Wildman–Crippen LogP) is 14.1. The number of rotatable bonds is 5. The first-order chi connectivity index (χ1) is 28.2. The van der Waals surface area contributed by atoms with Crippen LogP contribution in [0.1, 0.15) is 0 Å². The molecule has 0 N–H and O–H groups in total. The normalized spacial score (nSPS) is 11.9. The van der Waals surface area contributed by atoms with Gasteiger partial charge in [0.25, 0.3) is 0 Å². The average Bonchev–Trinajstić information content (AvgIpc) is 3.98. The van der Waals surface area contributed by atoms with Gasteiger partial charge in [0.05, 0.1) is 15.9 Å². The van der Waals surface area contributed by atoms with Crippen LogP contribution in [-0.2, 0) is 0 Å². The number of benzene rings is 7. The molecule has 8 heteroatoms. The van der Waals surface area contributed by atoms with E-state index in [0.717, 1.165) is 69.3 Å². The van der Waals surface area contributed by atoms with Crippen molar-refractivity contribution in [2.75, 3.05) is 0 Å². The van der Waals surface area contributed by atoms with Crippen molar-refractivity contribution < 1.29 is 0 Å². The van der Waals surface area contributed by atoms with Crippen LogP contribution in [-0.4, -0.2) is 24.9 Å². The lowest BCUT2D eigenvalue weighted by molar-refractivity contribution is 1.08. The molecule has 0 saturated heterocycles. The van der Waals surface area contributed by atoms with Gasteiger partial charge in [0.15, 0.2) is 23.3 Å². The van der Waals surface area contributed by atoms with E-state index in [2.05, 4.69) is 140 Å². The highest BCUT2D eigenvalue weighted by molar-refractivity contribution is 7.27. The fraction of sp³-hybridized carbons (Fsp3) is 0. The maximum atomic E-state index is 5.35. The summed E-state index contributed by atoms with van der Waals surface area (Å²) >= 11 is 5.32. The molecule has 0 saturated carbocycles. The van der Waals surface area contributed by atoms with E-state index in [1.807, 2.05) is 35.6 Å². The summed E-state index contributed by atoms with van der Waals surface area (Å²) in [6.45, 7) is 0. The molecule has 0 bridgehead atoms. The summed E-state index contributed by atoms with van der Waals surface area (Å²) in [5.41, 5.74) is 6.88. The molecule has 7 aromatic carbocycles. The Bertz CT molecular complexity index is 3530. The van der Waals surface area contributed by atoms with Crippen molar-refractivity contribution >= 4 is 94.7 Å². The monoisotopic (exact) mass is 781 g/mol. The second-order valence-electron chi connectivity index (χ2n) is 14.0. The highest BCUT2D eigenvalue weighted by Crippen LogP contribution is 2.45. The predicted molar refractivity (Wildman–Crippen MR) is 241 cm³/mol. The van der Waals surface area contributed by atoms with Crippen molar-refractivity contribution in [1.29, 1.82) is 0 Å². The van der Waals surface area contributed by atoms with Crippen LogP contribution in [0.5, 0.6) is 0 Å². The van der Waals surface area contributed by atoms with E-state index in [1.165, 1.54) is 24.9 Å². The molecule has 0 unspecified atom stereocenters. The third-order valence-electron chi connectivity index (χ3n) is 10.6. The quantitative estimate of drug-likeness (QED) is 0.174. The van der Waals surface area contributed by atoms with Crippen molar-refractivity contribution in [1.82, 2.24) is 24.9 Å². The summed E-state index contributed by atoms with van der Waals surface area (Å²) in [6.07, 6.45) is 0. The van der Waals surface area contributed by atoms with E-state index in [1.54, 1.807) is 22.7 Å². The lowest BCUT2D eigenvalue weighted by atomic mass is 10.0. The third kappa shape index (κ3) is 5.29. The van der Waals surface area contributed by atoms with Crippen LogP contribution < -0.4 is 0 Å². The van der Waals surface area contributed by atoms with E-state index in [0.29, 0.717) is 23.3 Å². The molecule has 5 nitrogen and oxygen atoms in total. The zero-order valence-electron chi connectivity index (χ0n) is 30.0. The lowest BCUT2D eigenvalue weighted by Crippen LogP contribution is -2.00. The van der Waals surface area contributed by atoms with Gasteiger partial charge in [-0.15, -0.1) is 34.0 Å². The Morgan fingerprint density at radius 2 is 0.895 bits per heavy atom.